The van der Waals surface area contributed by atoms with Crippen LogP contribution in [0.2, 0.25) is 5.02 Å². The minimum absolute atomic E-state index is 0.0410. The maximum atomic E-state index is 12.4. The van der Waals surface area contributed by atoms with E-state index in [2.05, 4.69) is 15.5 Å². The molecule has 7 heteroatoms. The number of carbonyl (C=O) groups excluding carboxylic acids is 1. The number of nitrogens with zero attached hydrogens (tertiary/aromatic N) is 2. The summed E-state index contributed by atoms with van der Waals surface area (Å²) in [5.74, 6) is -0.0410. The summed E-state index contributed by atoms with van der Waals surface area (Å²) in [7, 11) is 0. The van der Waals surface area contributed by atoms with Crippen molar-refractivity contribution in [1.29, 1.82) is 0 Å². The number of nitrogens with one attached hydrogen (secondary N) is 1. The maximum absolute atomic E-state index is 12.4. The molecule has 1 unspecified atom stereocenters. The zero-order valence-corrected chi connectivity index (χ0v) is 14.4. The lowest BCUT2D eigenvalue weighted by Crippen LogP contribution is -2.24. The summed E-state index contributed by atoms with van der Waals surface area (Å²) < 4.78 is 0.817. The Morgan fingerprint density at radius 3 is 2.81 bits per heavy atom. The lowest BCUT2D eigenvalue weighted by molar-refractivity contribution is -0.115. The van der Waals surface area contributed by atoms with Crippen LogP contribution < -0.4 is 5.32 Å². The highest BCUT2D eigenvalue weighted by atomic mass is 35.5. The van der Waals surface area contributed by atoms with E-state index in [-0.39, 0.29) is 11.2 Å². The molecule has 2 rings (SSSR count). The van der Waals surface area contributed by atoms with Crippen LogP contribution in [0.3, 0.4) is 0 Å². The predicted molar refractivity (Wildman–Crippen MR) is 89.4 cm³/mol. The first kappa shape index (κ1) is 16.3. The number of carbonyl (C=O) groups is 1. The van der Waals surface area contributed by atoms with Gasteiger partial charge in [-0.15, -0.1) is 10.2 Å². The molecular weight excluding hydrogens is 326 g/mol. The Bertz CT molecular complexity index is 645. The van der Waals surface area contributed by atoms with E-state index >= 15 is 0 Å². The fraction of sp³-hybridized carbons (Fsp3) is 0.357. The van der Waals surface area contributed by atoms with Gasteiger partial charge in [-0.3, -0.25) is 4.79 Å². The molecular formula is C14H16ClN3OS2. The predicted octanol–water partition coefficient (Wildman–Crippen LogP) is 4.32. The summed E-state index contributed by atoms with van der Waals surface area (Å²) in [6.07, 6.45) is 0.717. The summed E-state index contributed by atoms with van der Waals surface area (Å²) in [5, 5.41) is 12.3. The number of anilines is 1. The van der Waals surface area contributed by atoms with Gasteiger partial charge in [-0.05, 0) is 38.0 Å². The van der Waals surface area contributed by atoms with Crippen molar-refractivity contribution in [2.45, 2.75) is 36.8 Å². The molecule has 112 valence electrons. The number of benzene rings is 1. The first-order valence-electron chi connectivity index (χ1n) is 6.53. The van der Waals surface area contributed by atoms with Gasteiger partial charge in [0.2, 0.25) is 5.91 Å². The Balaban J connectivity index is 2.07. The minimum Gasteiger partial charge on any atom is -0.325 e. The minimum atomic E-state index is -0.198. The molecule has 1 aromatic heterocycles. The normalized spacial score (nSPS) is 12.2. The Morgan fingerprint density at radius 2 is 2.19 bits per heavy atom. The highest BCUT2D eigenvalue weighted by Crippen LogP contribution is 2.29. The van der Waals surface area contributed by atoms with Gasteiger partial charge in [-0.2, -0.15) is 0 Å². The van der Waals surface area contributed by atoms with Crippen LogP contribution in [0.4, 0.5) is 5.69 Å². The first-order chi connectivity index (χ1) is 9.99. The van der Waals surface area contributed by atoms with Gasteiger partial charge >= 0.3 is 0 Å². The van der Waals surface area contributed by atoms with Gasteiger partial charge < -0.3 is 5.32 Å². The topological polar surface area (TPSA) is 54.9 Å². The van der Waals surface area contributed by atoms with Gasteiger partial charge in [0.05, 0.1) is 5.25 Å². The number of hydrogen-bond acceptors (Lipinski definition) is 5. The number of rotatable bonds is 5. The molecule has 0 aliphatic carbocycles. The van der Waals surface area contributed by atoms with Gasteiger partial charge in [0.15, 0.2) is 4.34 Å². The molecule has 0 bridgehead atoms. The third-order valence-corrected chi connectivity index (χ3v) is 5.39. The van der Waals surface area contributed by atoms with Crippen LogP contribution in [0.15, 0.2) is 22.5 Å². The van der Waals surface area contributed by atoms with Crippen molar-refractivity contribution >= 4 is 46.3 Å². The van der Waals surface area contributed by atoms with Gasteiger partial charge in [-0.1, -0.05) is 47.7 Å². The summed E-state index contributed by atoms with van der Waals surface area (Å²) in [6.45, 7) is 5.82. The molecule has 2 aromatic rings. The van der Waals surface area contributed by atoms with Gasteiger partial charge in [0.1, 0.15) is 5.01 Å². The van der Waals surface area contributed by atoms with Crippen molar-refractivity contribution in [2.24, 2.45) is 0 Å². The second-order valence-electron chi connectivity index (χ2n) is 4.55. The second-order valence-corrected chi connectivity index (χ2v) is 7.62. The molecule has 1 aromatic carbocycles. The monoisotopic (exact) mass is 341 g/mol. The van der Waals surface area contributed by atoms with Crippen LogP contribution in [0.5, 0.6) is 0 Å². The molecule has 0 saturated carbocycles. The standard InChI is InChI=1S/C14H16ClN3OS2/c1-4-12(21-14-18-17-9(3)20-14)13(19)16-11-7-10(15)6-5-8(11)2/h5-7,12H,4H2,1-3H3,(H,16,19). The Morgan fingerprint density at radius 1 is 1.43 bits per heavy atom. The molecule has 0 aliphatic rings. The van der Waals surface area contributed by atoms with E-state index in [0.717, 1.165) is 27.0 Å². The molecule has 1 amide bonds. The number of aromatic nitrogens is 2. The molecule has 4 nitrogen and oxygen atoms in total. The van der Waals surface area contributed by atoms with E-state index in [1.165, 1.54) is 23.1 Å². The SMILES string of the molecule is CCC(Sc1nnc(C)s1)C(=O)Nc1cc(Cl)ccc1C. The number of thioether (sulfide) groups is 1. The first-order valence-corrected chi connectivity index (χ1v) is 8.60. The van der Waals surface area contributed by atoms with E-state index in [1.54, 1.807) is 6.07 Å². The van der Waals surface area contributed by atoms with Crippen molar-refractivity contribution in [3.05, 3.63) is 33.8 Å². The van der Waals surface area contributed by atoms with Crippen molar-refractivity contribution in [2.75, 3.05) is 5.32 Å². The second kappa shape index (κ2) is 7.24. The van der Waals surface area contributed by atoms with Crippen LogP contribution in [0, 0.1) is 13.8 Å². The summed E-state index contributed by atoms with van der Waals surface area (Å²) in [6, 6.07) is 5.46. The van der Waals surface area contributed by atoms with Crippen LogP contribution in [-0.2, 0) is 4.79 Å². The molecule has 0 radical (unpaired) electrons. The fourth-order valence-electron chi connectivity index (χ4n) is 1.71. The van der Waals surface area contributed by atoms with Crippen LogP contribution in [0.25, 0.3) is 0 Å². The van der Waals surface area contributed by atoms with Crippen molar-refractivity contribution in [3.8, 4) is 0 Å². The highest BCUT2D eigenvalue weighted by molar-refractivity contribution is 8.02. The average molecular weight is 342 g/mol. The van der Waals surface area contributed by atoms with Crippen molar-refractivity contribution in [1.82, 2.24) is 10.2 Å². The Hall–Kier alpha value is -1.11. The molecule has 0 fully saturated rings. The maximum Gasteiger partial charge on any atom is 0.237 e. The van der Waals surface area contributed by atoms with E-state index in [9.17, 15) is 4.79 Å². The van der Waals surface area contributed by atoms with Crippen molar-refractivity contribution in [3.63, 3.8) is 0 Å². The zero-order chi connectivity index (χ0) is 15.4. The molecule has 1 N–H and O–H groups in total. The third kappa shape index (κ3) is 4.43. The summed E-state index contributed by atoms with van der Waals surface area (Å²) in [4.78, 5) is 12.4. The average Bonchev–Trinajstić information content (AvgIpc) is 2.85. The lowest BCUT2D eigenvalue weighted by Gasteiger charge is -2.14. The highest BCUT2D eigenvalue weighted by Gasteiger charge is 2.20. The zero-order valence-electron chi connectivity index (χ0n) is 12.0. The van der Waals surface area contributed by atoms with Crippen LogP contribution >= 0.6 is 34.7 Å². The quantitative estimate of drug-likeness (QED) is 0.823. The van der Waals surface area contributed by atoms with Crippen molar-refractivity contribution < 1.29 is 4.79 Å². The number of amides is 1. The van der Waals surface area contributed by atoms with E-state index in [1.807, 2.05) is 32.9 Å². The van der Waals surface area contributed by atoms with Gasteiger partial charge in [-0.25, -0.2) is 0 Å². The number of hydrogen-bond donors (Lipinski definition) is 1. The smallest absolute Gasteiger partial charge is 0.237 e. The fourth-order valence-corrected chi connectivity index (χ4v) is 3.87. The molecule has 1 atom stereocenters. The molecule has 21 heavy (non-hydrogen) atoms. The lowest BCUT2D eigenvalue weighted by atomic mass is 10.2. The Kier molecular flexibility index (Phi) is 5.61. The largest absolute Gasteiger partial charge is 0.325 e. The van der Waals surface area contributed by atoms with Crippen LogP contribution in [0.1, 0.15) is 23.9 Å². The van der Waals surface area contributed by atoms with E-state index < -0.39 is 0 Å². The molecule has 0 saturated heterocycles. The van der Waals surface area contributed by atoms with Gasteiger partial charge in [0.25, 0.3) is 0 Å². The molecule has 0 aliphatic heterocycles. The van der Waals surface area contributed by atoms with E-state index in [0.29, 0.717) is 5.02 Å². The summed E-state index contributed by atoms with van der Waals surface area (Å²) >= 11 is 8.92. The number of aryl methyl sites for hydroxylation is 2. The van der Waals surface area contributed by atoms with Crippen LogP contribution in [-0.4, -0.2) is 21.4 Å². The molecule has 0 spiro atoms. The third-order valence-electron chi connectivity index (χ3n) is 2.87. The van der Waals surface area contributed by atoms with Gasteiger partial charge in [0, 0.05) is 10.7 Å². The Labute approximate surface area is 137 Å². The number of halogens is 1. The summed E-state index contributed by atoms with van der Waals surface area (Å²) in [5.41, 5.74) is 1.74. The van der Waals surface area contributed by atoms with E-state index in [4.69, 9.17) is 11.6 Å². The molecule has 1 heterocycles.